The molecule has 0 fully saturated rings. The monoisotopic (exact) mass is 279 g/mol. The minimum Gasteiger partial charge on any atom is -1.00 e. The standard InChI is InChI=1S/C8H7N3O2.C2H6OS.Na.H/c9-5-3-1-2-4-6(5)8(13)11-10-7(4)12;1-4(2)3;;/h1-3H,9H2,(H,10,12)(H,11,13);1-2H3;;/q;;+1;-1. The van der Waals surface area contributed by atoms with Crippen LogP contribution in [0.1, 0.15) is 1.43 Å². The maximum absolute atomic E-state index is 11.2. The maximum atomic E-state index is 11.2. The zero-order chi connectivity index (χ0) is 13.0. The molecule has 0 aliphatic carbocycles. The van der Waals surface area contributed by atoms with Crippen molar-refractivity contribution in [3.05, 3.63) is 38.9 Å². The molecule has 0 unspecified atom stereocenters. The zero-order valence-electron chi connectivity index (χ0n) is 11.4. The van der Waals surface area contributed by atoms with Gasteiger partial charge in [-0.25, -0.2) is 0 Å². The summed E-state index contributed by atoms with van der Waals surface area (Å²) in [5, 5.41) is 4.98. The molecule has 6 nitrogen and oxygen atoms in total. The fourth-order valence-corrected chi connectivity index (χ4v) is 1.26. The van der Waals surface area contributed by atoms with Gasteiger partial charge in [-0.05, 0) is 12.1 Å². The van der Waals surface area contributed by atoms with Crippen LogP contribution >= 0.6 is 0 Å². The smallest absolute Gasteiger partial charge is 1.00 e. The van der Waals surface area contributed by atoms with Gasteiger partial charge in [0.25, 0.3) is 11.1 Å². The molecule has 0 saturated heterocycles. The quantitative estimate of drug-likeness (QED) is 0.351. The van der Waals surface area contributed by atoms with E-state index in [1.807, 2.05) is 0 Å². The van der Waals surface area contributed by atoms with Crippen molar-refractivity contribution in [2.75, 3.05) is 18.2 Å². The van der Waals surface area contributed by atoms with E-state index in [-0.39, 0.29) is 47.5 Å². The zero-order valence-corrected chi connectivity index (χ0v) is 13.3. The van der Waals surface area contributed by atoms with E-state index in [4.69, 9.17) is 5.73 Å². The summed E-state index contributed by atoms with van der Waals surface area (Å²) < 4.78 is 9.56. The van der Waals surface area contributed by atoms with Crippen molar-refractivity contribution in [2.24, 2.45) is 0 Å². The van der Waals surface area contributed by atoms with Crippen molar-refractivity contribution in [1.29, 1.82) is 0 Å². The molecule has 2 rings (SSSR count). The number of aromatic amines is 2. The Labute approximate surface area is 129 Å². The van der Waals surface area contributed by atoms with Crippen LogP contribution in [-0.2, 0) is 10.8 Å². The SMILES string of the molecule is CS(C)=O.Nc1cccc2c(=O)[nH][nH]c(=O)c12.[H-].[Na+]. The molecule has 8 heteroatoms. The summed E-state index contributed by atoms with van der Waals surface area (Å²) in [6, 6.07) is 4.77. The molecule has 4 N–H and O–H groups in total. The normalized spacial score (nSPS) is 9.50. The molecule has 1 aromatic carbocycles. The Hall–Kier alpha value is -0.890. The van der Waals surface area contributed by atoms with Gasteiger partial charge < -0.3 is 7.16 Å². The second kappa shape index (κ2) is 7.52. The topological polar surface area (TPSA) is 109 Å². The van der Waals surface area contributed by atoms with Gasteiger partial charge in [-0.2, -0.15) is 0 Å². The second-order valence-electron chi connectivity index (χ2n) is 3.42. The summed E-state index contributed by atoms with van der Waals surface area (Å²) >= 11 is 0. The maximum Gasteiger partial charge on any atom is 1.00 e. The van der Waals surface area contributed by atoms with Crippen LogP contribution in [0.4, 0.5) is 5.69 Å². The van der Waals surface area contributed by atoms with E-state index in [0.717, 1.165) is 0 Å². The van der Waals surface area contributed by atoms with Crippen molar-refractivity contribution in [2.45, 2.75) is 0 Å². The first-order chi connectivity index (χ1) is 7.93. The third-order valence-corrected chi connectivity index (χ3v) is 1.86. The summed E-state index contributed by atoms with van der Waals surface area (Å²) in [5.41, 5.74) is 5.14. The van der Waals surface area contributed by atoms with E-state index in [1.165, 1.54) is 0 Å². The van der Waals surface area contributed by atoms with Gasteiger partial charge in [0.2, 0.25) is 0 Å². The molecule has 0 aliphatic rings. The van der Waals surface area contributed by atoms with Crippen LogP contribution in [0.2, 0.25) is 0 Å². The fourth-order valence-electron chi connectivity index (χ4n) is 1.26. The number of rotatable bonds is 0. The first-order valence-electron chi connectivity index (χ1n) is 4.67. The number of H-pyrrole nitrogens is 2. The van der Waals surface area contributed by atoms with E-state index in [1.54, 1.807) is 30.7 Å². The number of hydrogen-bond donors (Lipinski definition) is 3. The van der Waals surface area contributed by atoms with Crippen LogP contribution < -0.4 is 46.4 Å². The number of hydrogen-bond acceptors (Lipinski definition) is 4. The number of anilines is 1. The molecule has 1 aromatic heterocycles. The van der Waals surface area contributed by atoms with Gasteiger partial charge in [0, 0.05) is 29.0 Å². The predicted octanol–water partition coefficient (Wildman–Crippen LogP) is -3.09. The van der Waals surface area contributed by atoms with E-state index >= 15 is 0 Å². The average molecular weight is 279 g/mol. The number of fused-ring (bicyclic) bond motifs is 1. The van der Waals surface area contributed by atoms with E-state index < -0.39 is 10.8 Å². The van der Waals surface area contributed by atoms with Crippen LogP contribution in [-0.4, -0.2) is 26.9 Å². The molecule has 94 valence electrons. The van der Waals surface area contributed by atoms with E-state index in [9.17, 15) is 13.8 Å². The number of aromatic nitrogens is 2. The molecular weight excluding hydrogens is 265 g/mol. The summed E-state index contributed by atoms with van der Waals surface area (Å²) in [4.78, 5) is 22.4. The Balaban J connectivity index is 0. The second-order valence-corrected chi connectivity index (χ2v) is 4.90. The van der Waals surface area contributed by atoms with Gasteiger partial charge in [-0.1, -0.05) is 6.07 Å². The van der Waals surface area contributed by atoms with Crippen molar-refractivity contribution in [1.82, 2.24) is 10.2 Å². The van der Waals surface area contributed by atoms with Crippen LogP contribution in [0, 0.1) is 0 Å². The van der Waals surface area contributed by atoms with Gasteiger partial charge in [0.15, 0.2) is 0 Å². The van der Waals surface area contributed by atoms with E-state index in [2.05, 4.69) is 10.2 Å². The Bertz CT molecular complexity index is 667. The summed E-state index contributed by atoms with van der Waals surface area (Å²) in [6.07, 6.45) is 3.28. The minimum absolute atomic E-state index is 0. The van der Waals surface area contributed by atoms with Gasteiger partial charge in [-0.15, -0.1) is 0 Å². The number of nitrogen functional groups attached to an aromatic ring is 1. The number of benzene rings is 1. The van der Waals surface area contributed by atoms with Gasteiger partial charge in [0.05, 0.1) is 10.8 Å². The number of nitrogens with two attached hydrogens (primary N) is 1. The van der Waals surface area contributed by atoms with Gasteiger partial charge >= 0.3 is 29.6 Å². The van der Waals surface area contributed by atoms with Crippen molar-refractivity contribution >= 4 is 27.3 Å². The van der Waals surface area contributed by atoms with Gasteiger partial charge in [-0.3, -0.25) is 24.0 Å². The average Bonchev–Trinajstić information content (AvgIpc) is 2.23. The molecule has 18 heavy (non-hydrogen) atoms. The summed E-state index contributed by atoms with van der Waals surface area (Å²) in [5.74, 6) is 0. The Morgan fingerprint density at radius 2 is 1.67 bits per heavy atom. The molecular formula is C10H14N3NaO3S. The van der Waals surface area contributed by atoms with Crippen molar-refractivity contribution < 1.29 is 35.2 Å². The van der Waals surface area contributed by atoms with Crippen LogP contribution in [0.25, 0.3) is 10.8 Å². The number of nitrogens with one attached hydrogen (secondary N) is 2. The Morgan fingerprint density at radius 1 is 1.17 bits per heavy atom. The summed E-state index contributed by atoms with van der Waals surface area (Å²) in [6.45, 7) is 0. The third-order valence-electron chi connectivity index (χ3n) is 1.86. The first kappa shape index (κ1) is 17.1. The molecule has 0 radical (unpaired) electrons. The van der Waals surface area contributed by atoms with Gasteiger partial charge in [0.1, 0.15) is 0 Å². The van der Waals surface area contributed by atoms with Crippen LogP contribution in [0.3, 0.4) is 0 Å². The largest absolute Gasteiger partial charge is 1.00 e. The van der Waals surface area contributed by atoms with E-state index in [0.29, 0.717) is 11.1 Å². The molecule has 1 heterocycles. The molecule has 0 spiro atoms. The van der Waals surface area contributed by atoms with Crippen molar-refractivity contribution in [3.8, 4) is 0 Å². The fraction of sp³-hybridized carbons (Fsp3) is 0.200. The Kier molecular flexibility index (Phi) is 7.15. The van der Waals surface area contributed by atoms with Crippen LogP contribution in [0.5, 0.6) is 0 Å². The molecule has 0 saturated carbocycles. The molecule has 2 aromatic rings. The summed E-state index contributed by atoms with van der Waals surface area (Å²) in [7, 11) is -0.611. The molecule has 0 atom stereocenters. The Morgan fingerprint density at radius 3 is 2.17 bits per heavy atom. The third kappa shape index (κ3) is 4.41. The molecule has 0 aliphatic heterocycles. The molecule has 0 amide bonds. The molecule has 0 bridgehead atoms. The predicted molar refractivity (Wildman–Crippen MR) is 70.7 cm³/mol. The van der Waals surface area contributed by atoms with Crippen LogP contribution in [0.15, 0.2) is 27.8 Å². The first-order valence-corrected chi connectivity index (χ1v) is 6.64. The minimum atomic E-state index is -0.611. The van der Waals surface area contributed by atoms with Crippen molar-refractivity contribution in [3.63, 3.8) is 0 Å².